The minimum absolute atomic E-state index is 0.107. The zero-order chi connectivity index (χ0) is 22.1. The number of para-hydroxylation sites is 1. The van der Waals surface area contributed by atoms with Crippen LogP contribution in [0.4, 0.5) is 5.69 Å². The summed E-state index contributed by atoms with van der Waals surface area (Å²) < 4.78 is 7.04. The monoisotopic (exact) mass is 429 g/mol. The van der Waals surface area contributed by atoms with Crippen molar-refractivity contribution >= 4 is 17.5 Å². The van der Waals surface area contributed by atoms with Gasteiger partial charge in [-0.25, -0.2) is 9.67 Å². The van der Waals surface area contributed by atoms with E-state index in [4.69, 9.17) is 4.42 Å². The summed E-state index contributed by atoms with van der Waals surface area (Å²) in [5, 5.41) is 11.9. The van der Waals surface area contributed by atoms with Gasteiger partial charge in [-0.05, 0) is 29.8 Å². The van der Waals surface area contributed by atoms with Gasteiger partial charge in [-0.2, -0.15) is 5.10 Å². The Balaban J connectivity index is 1.43. The van der Waals surface area contributed by atoms with E-state index in [-0.39, 0.29) is 24.9 Å². The van der Waals surface area contributed by atoms with Crippen molar-refractivity contribution in [3.63, 3.8) is 0 Å². The lowest BCUT2D eigenvalue weighted by atomic mass is 10.1. The van der Waals surface area contributed by atoms with Crippen LogP contribution in [0.5, 0.6) is 0 Å². The van der Waals surface area contributed by atoms with E-state index in [1.54, 1.807) is 47.1 Å². The lowest BCUT2D eigenvalue weighted by molar-refractivity contribution is -0.131. The van der Waals surface area contributed by atoms with Crippen LogP contribution in [0.1, 0.15) is 27.7 Å². The third-order valence-electron chi connectivity index (χ3n) is 5.16. The van der Waals surface area contributed by atoms with Crippen molar-refractivity contribution in [2.75, 3.05) is 11.4 Å². The summed E-state index contributed by atoms with van der Waals surface area (Å²) in [5.41, 5.74) is 1.92. The predicted octanol–water partition coefficient (Wildman–Crippen LogP) is 2.15. The lowest BCUT2D eigenvalue weighted by Gasteiger charge is -2.22. The normalized spacial score (nSPS) is 13.7. The number of amides is 2. The Morgan fingerprint density at radius 3 is 2.69 bits per heavy atom. The number of carbonyl (C=O) groups excluding carboxylic acids is 2. The number of hydrogen-bond acceptors (Lipinski definition) is 7. The molecule has 1 aliphatic heterocycles. The van der Waals surface area contributed by atoms with Gasteiger partial charge >= 0.3 is 0 Å². The van der Waals surface area contributed by atoms with E-state index in [1.807, 2.05) is 24.3 Å². The van der Waals surface area contributed by atoms with Crippen molar-refractivity contribution < 1.29 is 14.0 Å². The zero-order valence-corrected chi connectivity index (χ0v) is 17.3. The summed E-state index contributed by atoms with van der Waals surface area (Å²) in [7, 11) is 0. The maximum absolute atomic E-state index is 13.4. The van der Waals surface area contributed by atoms with Gasteiger partial charge in [0.05, 0.1) is 12.1 Å². The summed E-state index contributed by atoms with van der Waals surface area (Å²) in [6.07, 6.45) is 4.92. The van der Waals surface area contributed by atoms with E-state index in [9.17, 15) is 9.59 Å². The molecule has 0 bridgehead atoms. The molecule has 5 rings (SSSR count). The number of aromatic nitrogens is 5. The third kappa shape index (κ3) is 3.73. The van der Waals surface area contributed by atoms with Crippen LogP contribution >= 0.6 is 0 Å². The first-order chi connectivity index (χ1) is 15.6. The lowest BCUT2D eigenvalue weighted by Crippen LogP contribution is -2.40. The van der Waals surface area contributed by atoms with E-state index in [1.165, 1.54) is 11.1 Å². The van der Waals surface area contributed by atoms with Crippen LogP contribution in [-0.2, 0) is 17.9 Å². The van der Waals surface area contributed by atoms with Crippen LogP contribution in [-0.4, -0.2) is 48.2 Å². The van der Waals surface area contributed by atoms with Crippen LogP contribution < -0.4 is 4.90 Å². The van der Waals surface area contributed by atoms with E-state index in [2.05, 4.69) is 20.3 Å². The van der Waals surface area contributed by atoms with Gasteiger partial charge in [0.2, 0.25) is 17.7 Å². The number of hydrogen-bond donors (Lipinski definition) is 0. The fourth-order valence-corrected chi connectivity index (χ4v) is 3.62. The number of aryl methyl sites for hydroxylation is 1. The second kappa shape index (κ2) is 8.06. The zero-order valence-electron chi connectivity index (χ0n) is 17.3. The van der Waals surface area contributed by atoms with Crippen LogP contribution in [0.25, 0.3) is 5.82 Å². The molecule has 2 amide bonds. The number of anilines is 1. The Labute approximate surface area is 183 Å². The molecule has 0 spiro atoms. The van der Waals surface area contributed by atoms with Crippen molar-refractivity contribution in [1.82, 2.24) is 29.9 Å². The SMILES string of the molecule is Cc1nnc(CN2Cc3ccccc3N(C(=O)c3ccc(-n4cccn4)nc3)CC2=O)o1. The fraction of sp³-hybridized carbons (Fsp3) is 0.182. The molecule has 10 heteroatoms. The minimum atomic E-state index is -0.305. The van der Waals surface area contributed by atoms with Gasteiger partial charge in [0.15, 0.2) is 5.82 Å². The number of carbonyl (C=O) groups is 2. The molecule has 0 unspecified atom stereocenters. The molecule has 0 saturated carbocycles. The van der Waals surface area contributed by atoms with Gasteiger partial charge in [0.1, 0.15) is 6.54 Å². The first-order valence-corrected chi connectivity index (χ1v) is 10.0. The molecule has 0 fully saturated rings. The van der Waals surface area contributed by atoms with Crippen LogP contribution in [0.3, 0.4) is 0 Å². The van der Waals surface area contributed by atoms with Crippen molar-refractivity contribution in [2.24, 2.45) is 0 Å². The fourth-order valence-electron chi connectivity index (χ4n) is 3.62. The van der Waals surface area contributed by atoms with Gasteiger partial charge in [-0.1, -0.05) is 18.2 Å². The summed E-state index contributed by atoms with van der Waals surface area (Å²) in [5.74, 6) is 0.865. The number of fused-ring (bicyclic) bond motifs is 1. The quantitative estimate of drug-likeness (QED) is 0.489. The highest BCUT2D eigenvalue weighted by molar-refractivity contribution is 6.09. The summed E-state index contributed by atoms with van der Waals surface area (Å²) >= 11 is 0. The van der Waals surface area contributed by atoms with Crippen LogP contribution in [0.2, 0.25) is 0 Å². The maximum atomic E-state index is 13.4. The molecule has 10 nitrogen and oxygen atoms in total. The topological polar surface area (TPSA) is 110 Å². The second-order valence-corrected chi connectivity index (χ2v) is 7.34. The van der Waals surface area contributed by atoms with Crippen molar-refractivity contribution in [2.45, 2.75) is 20.0 Å². The molecule has 1 aromatic carbocycles. The molecule has 0 aliphatic carbocycles. The van der Waals surface area contributed by atoms with Crippen LogP contribution in [0.15, 0.2) is 65.5 Å². The molecule has 0 atom stereocenters. The molecule has 4 aromatic rings. The molecule has 1 aliphatic rings. The predicted molar refractivity (Wildman–Crippen MR) is 113 cm³/mol. The molecular weight excluding hydrogens is 410 g/mol. The average Bonchev–Trinajstić information content (AvgIpc) is 3.46. The molecule has 4 heterocycles. The Kier molecular flexibility index (Phi) is 4.94. The van der Waals surface area contributed by atoms with Gasteiger partial charge in [0, 0.05) is 37.7 Å². The summed E-state index contributed by atoms with van der Waals surface area (Å²) in [6.45, 7) is 2.10. The van der Waals surface area contributed by atoms with E-state index in [0.29, 0.717) is 35.4 Å². The van der Waals surface area contributed by atoms with Gasteiger partial charge in [0.25, 0.3) is 5.91 Å². The molecule has 0 N–H and O–H groups in total. The third-order valence-corrected chi connectivity index (χ3v) is 5.16. The Bertz CT molecular complexity index is 1260. The Hall–Kier alpha value is -4.34. The van der Waals surface area contributed by atoms with E-state index in [0.717, 1.165) is 5.56 Å². The average molecular weight is 429 g/mol. The molecule has 0 radical (unpaired) electrons. The molecule has 32 heavy (non-hydrogen) atoms. The van der Waals surface area contributed by atoms with E-state index < -0.39 is 0 Å². The maximum Gasteiger partial charge on any atom is 0.260 e. The number of rotatable bonds is 4. The molecule has 160 valence electrons. The molecule has 0 saturated heterocycles. The van der Waals surface area contributed by atoms with Gasteiger partial charge < -0.3 is 9.32 Å². The standard InChI is InChI=1S/C22H19N7O3/c1-15-25-26-20(32-15)13-27-12-17-5-2-3-6-18(17)28(14-21(27)30)22(31)16-7-8-19(23-11-16)29-10-4-9-24-29/h2-11H,12-14H2,1H3. The number of nitrogens with zero attached hydrogens (tertiary/aromatic N) is 7. The number of benzene rings is 1. The largest absolute Gasteiger partial charge is 0.424 e. The first-order valence-electron chi connectivity index (χ1n) is 10.0. The van der Waals surface area contributed by atoms with Gasteiger partial charge in [-0.15, -0.1) is 10.2 Å². The smallest absolute Gasteiger partial charge is 0.260 e. The summed E-state index contributed by atoms with van der Waals surface area (Å²) in [6, 6.07) is 12.7. The van der Waals surface area contributed by atoms with E-state index >= 15 is 0 Å². The van der Waals surface area contributed by atoms with Crippen molar-refractivity contribution in [1.29, 1.82) is 0 Å². The van der Waals surface area contributed by atoms with Crippen molar-refractivity contribution in [3.8, 4) is 5.82 Å². The Morgan fingerprint density at radius 1 is 1.09 bits per heavy atom. The highest BCUT2D eigenvalue weighted by Gasteiger charge is 2.30. The van der Waals surface area contributed by atoms with Crippen molar-refractivity contribution in [3.05, 3.63) is 84.0 Å². The highest BCUT2D eigenvalue weighted by atomic mass is 16.4. The summed E-state index contributed by atoms with van der Waals surface area (Å²) in [4.78, 5) is 33.9. The molecule has 3 aromatic heterocycles. The molecular formula is C22H19N7O3. The van der Waals surface area contributed by atoms with Gasteiger partial charge in [-0.3, -0.25) is 14.5 Å². The first kappa shape index (κ1) is 19.6. The highest BCUT2D eigenvalue weighted by Crippen LogP contribution is 2.27. The Morgan fingerprint density at radius 2 is 1.97 bits per heavy atom. The minimum Gasteiger partial charge on any atom is -0.424 e. The number of pyridine rings is 1. The second-order valence-electron chi connectivity index (χ2n) is 7.34. The van der Waals surface area contributed by atoms with Crippen LogP contribution in [0, 0.1) is 6.92 Å².